The van der Waals surface area contributed by atoms with Crippen molar-refractivity contribution in [2.75, 3.05) is 11.9 Å². The van der Waals surface area contributed by atoms with Crippen LogP contribution in [-0.2, 0) is 11.2 Å². The number of benzene rings is 2. The highest BCUT2D eigenvalue weighted by molar-refractivity contribution is 5.96. The smallest absolute Gasteiger partial charge is 0.244 e. The van der Waals surface area contributed by atoms with E-state index in [9.17, 15) is 14.4 Å². The molecule has 0 saturated carbocycles. The van der Waals surface area contributed by atoms with E-state index in [0.717, 1.165) is 5.56 Å². The summed E-state index contributed by atoms with van der Waals surface area (Å²) < 4.78 is 13.2. The van der Waals surface area contributed by atoms with Crippen molar-refractivity contribution < 1.29 is 9.18 Å². The van der Waals surface area contributed by atoms with Crippen LogP contribution >= 0.6 is 0 Å². The maximum absolute atomic E-state index is 13.2. The van der Waals surface area contributed by atoms with Gasteiger partial charge < -0.3 is 4.90 Å². The van der Waals surface area contributed by atoms with Crippen molar-refractivity contribution in [1.29, 1.82) is 5.26 Å². The lowest BCUT2D eigenvalue weighted by Crippen LogP contribution is -2.33. The molecular weight excluding hydrogens is 267 g/mol. The summed E-state index contributed by atoms with van der Waals surface area (Å²) in [7, 11) is 1.55. The molecule has 1 unspecified atom stereocenters. The summed E-state index contributed by atoms with van der Waals surface area (Å²) >= 11 is 0. The summed E-state index contributed by atoms with van der Waals surface area (Å²) in [5.74, 6) is -1.55. The molecule has 3 nitrogen and oxygen atoms in total. The van der Waals surface area contributed by atoms with Gasteiger partial charge in [0.2, 0.25) is 5.91 Å². The minimum Gasteiger partial charge on any atom is -0.314 e. The minimum absolute atomic E-state index is 0.341. The van der Waals surface area contributed by atoms with E-state index in [-0.39, 0.29) is 5.91 Å². The fraction of sp³-hybridized carbons (Fsp3) is 0.176. The van der Waals surface area contributed by atoms with Crippen LogP contribution in [0.1, 0.15) is 5.56 Å². The van der Waals surface area contributed by atoms with Crippen molar-refractivity contribution in [3.05, 3.63) is 66.0 Å². The van der Waals surface area contributed by atoms with Crippen molar-refractivity contribution in [2.24, 2.45) is 5.92 Å². The monoisotopic (exact) mass is 282 g/mol. The first-order valence-corrected chi connectivity index (χ1v) is 6.58. The van der Waals surface area contributed by atoms with E-state index in [0.29, 0.717) is 12.1 Å². The Bertz CT molecular complexity index is 664. The normalized spacial score (nSPS) is 11.5. The van der Waals surface area contributed by atoms with Gasteiger partial charge in [-0.1, -0.05) is 36.4 Å². The zero-order valence-corrected chi connectivity index (χ0v) is 11.7. The number of rotatable bonds is 4. The molecule has 0 spiro atoms. The number of halogens is 1. The van der Waals surface area contributed by atoms with E-state index in [4.69, 9.17) is 0 Å². The van der Waals surface area contributed by atoms with Crippen LogP contribution in [-0.4, -0.2) is 13.0 Å². The molecule has 0 bridgehead atoms. The molecular formula is C17H15FN2O. The van der Waals surface area contributed by atoms with Gasteiger partial charge in [0.05, 0.1) is 6.07 Å². The second-order valence-corrected chi connectivity index (χ2v) is 4.75. The molecule has 0 heterocycles. The summed E-state index contributed by atoms with van der Waals surface area (Å²) in [5, 5.41) is 9.24. The van der Waals surface area contributed by atoms with Gasteiger partial charge >= 0.3 is 0 Å². The zero-order valence-electron chi connectivity index (χ0n) is 11.7. The number of hydrogen-bond acceptors (Lipinski definition) is 2. The number of nitrogens with zero attached hydrogens (tertiary/aromatic N) is 2. The van der Waals surface area contributed by atoms with E-state index in [1.807, 2.05) is 36.4 Å². The fourth-order valence-electron chi connectivity index (χ4n) is 2.08. The molecule has 0 aliphatic rings. The first kappa shape index (κ1) is 14.7. The lowest BCUT2D eigenvalue weighted by molar-refractivity contribution is -0.120. The summed E-state index contributed by atoms with van der Waals surface area (Å²) in [4.78, 5) is 13.7. The third-order valence-electron chi connectivity index (χ3n) is 3.26. The van der Waals surface area contributed by atoms with E-state index in [1.165, 1.54) is 23.1 Å². The Morgan fingerprint density at radius 2 is 1.95 bits per heavy atom. The lowest BCUT2D eigenvalue weighted by atomic mass is 9.99. The molecule has 106 valence electrons. The van der Waals surface area contributed by atoms with Crippen LogP contribution in [0.4, 0.5) is 10.1 Å². The molecule has 2 aromatic carbocycles. The first-order valence-electron chi connectivity index (χ1n) is 6.58. The van der Waals surface area contributed by atoms with Crippen molar-refractivity contribution in [2.45, 2.75) is 6.42 Å². The van der Waals surface area contributed by atoms with Crippen molar-refractivity contribution >= 4 is 11.6 Å². The number of carbonyl (C=O) groups excluding carboxylic acids is 1. The minimum atomic E-state index is -0.791. The molecule has 2 aromatic rings. The molecule has 21 heavy (non-hydrogen) atoms. The molecule has 0 aromatic heterocycles. The van der Waals surface area contributed by atoms with Gasteiger partial charge in [-0.25, -0.2) is 4.39 Å². The molecule has 0 radical (unpaired) electrons. The third-order valence-corrected chi connectivity index (χ3v) is 3.26. The Morgan fingerprint density at radius 1 is 1.24 bits per heavy atom. The van der Waals surface area contributed by atoms with Gasteiger partial charge in [0.15, 0.2) is 0 Å². The molecule has 1 amide bonds. The maximum Gasteiger partial charge on any atom is 0.244 e. The molecule has 0 aliphatic carbocycles. The predicted octanol–water partition coefficient (Wildman–Crippen LogP) is 3.17. The molecule has 0 aliphatic heterocycles. The maximum atomic E-state index is 13.2. The highest BCUT2D eigenvalue weighted by Crippen LogP contribution is 2.18. The van der Waals surface area contributed by atoms with E-state index in [1.54, 1.807) is 13.1 Å². The Labute approximate surface area is 123 Å². The van der Waals surface area contributed by atoms with Gasteiger partial charge in [0.25, 0.3) is 0 Å². The van der Waals surface area contributed by atoms with Gasteiger partial charge in [-0.2, -0.15) is 5.26 Å². The molecule has 0 saturated heterocycles. The number of hydrogen-bond donors (Lipinski definition) is 0. The molecule has 1 atom stereocenters. The molecule has 4 heteroatoms. The van der Waals surface area contributed by atoms with Crippen LogP contribution in [0.2, 0.25) is 0 Å². The van der Waals surface area contributed by atoms with Crippen molar-refractivity contribution in [1.82, 2.24) is 0 Å². The number of anilines is 1. The van der Waals surface area contributed by atoms with Gasteiger partial charge in [-0.05, 0) is 30.2 Å². The average molecular weight is 282 g/mol. The van der Waals surface area contributed by atoms with Crippen LogP contribution in [0.5, 0.6) is 0 Å². The number of nitriles is 1. The number of amides is 1. The predicted molar refractivity (Wildman–Crippen MR) is 79.1 cm³/mol. The molecule has 0 N–H and O–H groups in total. The summed E-state index contributed by atoms with van der Waals surface area (Å²) in [6, 6.07) is 17.1. The topological polar surface area (TPSA) is 44.1 Å². The Balaban J connectivity index is 2.15. The van der Waals surface area contributed by atoms with E-state index < -0.39 is 11.7 Å². The quantitative estimate of drug-likeness (QED) is 0.864. The lowest BCUT2D eigenvalue weighted by Gasteiger charge is -2.20. The largest absolute Gasteiger partial charge is 0.314 e. The van der Waals surface area contributed by atoms with Gasteiger partial charge in [-0.15, -0.1) is 0 Å². The first-order chi connectivity index (χ1) is 10.1. The Morgan fingerprint density at radius 3 is 2.57 bits per heavy atom. The zero-order chi connectivity index (χ0) is 15.2. The molecule has 0 fully saturated rings. The summed E-state index contributed by atoms with van der Waals surface area (Å²) in [6.45, 7) is 0. The standard InChI is InChI=1S/C17H15FN2O/c1-20(16-9-5-8-15(18)11-16)17(21)14(12-19)10-13-6-3-2-4-7-13/h2-9,11,14H,10H2,1H3. The average Bonchev–Trinajstić information content (AvgIpc) is 2.52. The van der Waals surface area contributed by atoms with Crippen molar-refractivity contribution in [3.63, 3.8) is 0 Å². The highest BCUT2D eigenvalue weighted by atomic mass is 19.1. The van der Waals surface area contributed by atoms with E-state index >= 15 is 0 Å². The SMILES string of the molecule is CN(C(=O)C(C#N)Cc1ccccc1)c1cccc(F)c1. The van der Waals surface area contributed by atoms with Gasteiger partial charge in [0, 0.05) is 12.7 Å². The highest BCUT2D eigenvalue weighted by Gasteiger charge is 2.23. The summed E-state index contributed by atoms with van der Waals surface area (Å²) in [5.41, 5.74) is 1.36. The van der Waals surface area contributed by atoms with Crippen LogP contribution < -0.4 is 4.90 Å². The van der Waals surface area contributed by atoms with Crippen molar-refractivity contribution in [3.8, 4) is 6.07 Å². The van der Waals surface area contributed by atoms with E-state index in [2.05, 4.69) is 0 Å². The molecule has 2 rings (SSSR count). The van der Waals surface area contributed by atoms with Crippen LogP contribution in [0.25, 0.3) is 0 Å². The second-order valence-electron chi connectivity index (χ2n) is 4.75. The van der Waals surface area contributed by atoms with Crippen LogP contribution in [0.3, 0.4) is 0 Å². The van der Waals surface area contributed by atoms with Gasteiger partial charge in [0.1, 0.15) is 11.7 Å². The summed E-state index contributed by atoms with van der Waals surface area (Å²) in [6.07, 6.45) is 0.343. The third kappa shape index (κ3) is 3.67. The van der Waals surface area contributed by atoms with Crippen LogP contribution in [0, 0.1) is 23.1 Å². The number of carbonyl (C=O) groups is 1. The Hall–Kier alpha value is -2.67. The van der Waals surface area contributed by atoms with Crippen LogP contribution in [0.15, 0.2) is 54.6 Å². The fourth-order valence-corrected chi connectivity index (χ4v) is 2.08. The Kier molecular flexibility index (Phi) is 4.68. The second kappa shape index (κ2) is 6.67. The van der Waals surface area contributed by atoms with Gasteiger partial charge in [-0.3, -0.25) is 4.79 Å².